The number of rotatable bonds is 10. The Kier molecular flexibility index (Phi) is 9.09. The molecule has 3 N–H and O–H groups in total. The predicted molar refractivity (Wildman–Crippen MR) is 136 cm³/mol. The smallest absolute Gasteiger partial charge is 0.340 e. The van der Waals surface area contributed by atoms with Crippen molar-refractivity contribution in [2.45, 2.75) is 13.3 Å². The molecule has 2 amide bonds. The fraction of sp³-hybridized carbons (Fsp3) is 0.192. The van der Waals surface area contributed by atoms with Gasteiger partial charge in [0.25, 0.3) is 5.91 Å². The van der Waals surface area contributed by atoms with Gasteiger partial charge < -0.3 is 25.4 Å². The molecule has 0 aliphatic heterocycles. The van der Waals surface area contributed by atoms with Gasteiger partial charge in [0.05, 0.1) is 18.4 Å². The van der Waals surface area contributed by atoms with E-state index in [0.29, 0.717) is 39.9 Å². The summed E-state index contributed by atoms with van der Waals surface area (Å²) in [6, 6.07) is 19.3. The Morgan fingerprint density at radius 3 is 2.37 bits per heavy atom. The number of ether oxygens (including phenoxy) is 2. The van der Waals surface area contributed by atoms with Gasteiger partial charge in [-0.3, -0.25) is 9.59 Å². The lowest BCUT2D eigenvalue weighted by Gasteiger charge is -2.14. The van der Waals surface area contributed by atoms with Gasteiger partial charge >= 0.3 is 5.97 Å². The number of anilines is 3. The fourth-order valence-corrected chi connectivity index (χ4v) is 3.42. The van der Waals surface area contributed by atoms with E-state index in [0.717, 1.165) is 12.0 Å². The molecule has 35 heavy (non-hydrogen) atoms. The minimum absolute atomic E-state index is 0.248. The van der Waals surface area contributed by atoms with Gasteiger partial charge in [0.2, 0.25) is 5.91 Å². The number of nitrogens with one attached hydrogen (secondary N) is 3. The quantitative estimate of drug-likeness (QED) is 0.350. The highest BCUT2D eigenvalue weighted by atomic mass is 35.5. The zero-order valence-electron chi connectivity index (χ0n) is 19.4. The highest BCUT2D eigenvalue weighted by Gasteiger charge is 2.15. The SMILES string of the molecule is COc1ccc(NC(C)=O)cc1NC(=O)COC(=O)c1ccccc1NCCc1ccc(Cl)cc1. The molecule has 3 aromatic rings. The molecule has 0 aliphatic carbocycles. The Bertz CT molecular complexity index is 1200. The number of esters is 1. The van der Waals surface area contributed by atoms with Crippen LogP contribution >= 0.6 is 11.6 Å². The normalized spacial score (nSPS) is 10.3. The van der Waals surface area contributed by atoms with E-state index in [1.807, 2.05) is 30.3 Å². The van der Waals surface area contributed by atoms with Crippen LogP contribution in [-0.4, -0.2) is 38.0 Å². The molecule has 3 rings (SSSR count). The van der Waals surface area contributed by atoms with Gasteiger partial charge in [-0.2, -0.15) is 0 Å². The van der Waals surface area contributed by atoms with Gasteiger partial charge in [0, 0.05) is 29.9 Å². The van der Waals surface area contributed by atoms with Crippen molar-refractivity contribution in [3.05, 3.63) is 82.9 Å². The first-order chi connectivity index (χ1) is 16.9. The maximum atomic E-state index is 12.7. The van der Waals surface area contributed by atoms with Crippen LogP contribution < -0.4 is 20.7 Å². The number of hydrogen-bond donors (Lipinski definition) is 3. The number of halogens is 1. The van der Waals surface area contributed by atoms with Crippen LogP contribution in [0.3, 0.4) is 0 Å². The topological polar surface area (TPSA) is 106 Å². The lowest BCUT2D eigenvalue weighted by atomic mass is 10.1. The van der Waals surface area contributed by atoms with Crippen LogP contribution in [-0.2, 0) is 20.7 Å². The summed E-state index contributed by atoms with van der Waals surface area (Å²) in [4.78, 5) is 36.4. The Morgan fingerprint density at radius 2 is 1.66 bits per heavy atom. The van der Waals surface area contributed by atoms with E-state index >= 15 is 0 Å². The van der Waals surface area contributed by atoms with Crippen LogP contribution in [0.25, 0.3) is 0 Å². The third kappa shape index (κ3) is 7.75. The summed E-state index contributed by atoms with van der Waals surface area (Å²) >= 11 is 5.92. The standard InChI is InChI=1S/C26H26ClN3O5/c1-17(31)29-20-11-12-24(34-2)23(15-20)30-25(32)16-35-26(33)21-5-3-4-6-22(21)28-14-13-18-7-9-19(27)10-8-18/h3-12,15,28H,13-14,16H2,1-2H3,(H,29,31)(H,30,32). The van der Waals surface area contributed by atoms with E-state index in [4.69, 9.17) is 21.1 Å². The van der Waals surface area contributed by atoms with Gasteiger partial charge in [0.1, 0.15) is 5.75 Å². The van der Waals surface area contributed by atoms with Crippen LogP contribution in [0.4, 0.5) is 17.1 Å². The first kappa shape index (κ1) is 25.6. The van der Waals surface area contributed by atoms with Gasteiger partial charge in [-0.05, 0) is 54.4 Å². The Hall–Kier alpha value is -4.04. The highest BCUT2D eigenvalue weighted by molar-refractivity contribution is 6.30. The van der Waals surface area contributed by atoms with Crippen LogP contribution in [0.1, 0.15) is 22.8 Å². The molecule has 0 spiro atoms. The molecule has 0 unspecified atom stereocenters. The third-order valence-electron chi connectivity index (χ3n) is 4.92. The summed E-state index contributed by atoms with van der Waals surface area (Å²) in [6.45, 7) is 1.48. The minimum atomic E-state index is -0.631. The lowest BCUT2D eigenvalue weighted by molar-refractivity contribution is -0.119. The van der Waals surface area contributed by atoms with Crippen molar-refractivity contribution >= 4 is 46.4 Å². The van der Waals surface area contributed by atoms with Crippen molar-refractivity contribution in [1.29, 1.82) is 0 Å². The van der Waals surface area contributed by atoms with Crippen LogP contribution in [0.2, 0.25) is 5.02 Å². The molecule has 3 aromatic carbocycles. The zero-order valence-corrected chi connectivity index (χ0v) is 20.1. The van der Waals surface area contributed by atoms with Gasteiger partial charge in [-0.15, -0.1) is 0 Å². The molecule has 0 saturated carbocycles. The molecule has 0 fully saturated rings. The number of hydrogen-bond acceptors (Lipinski definition) is 6. The number of carbonyl (C=O) groups is 3. The second kappa shape index (κ2) is 12.4. The molecule has 182 valence electrons. The van der Waals surface area contributed by atoms with Crippen molar-refractivity contribution in [2.75, 3.05) is 36.2 Å². The fourth-order valence-electron chi connectivity index (χ4n) is 3.29. The number of para-hydroxylation sites is 1. The summed E-state index contributed by atoms with van der Waals surface area (Å²) < 4.78 is 10.5. The van der Waals surface area contributed by atoms with E-state index in [2.05, 4.69) is 16.0 Å². The first-order valence-corrected chi connectivity index (χ1v) is 11.2. The van der Waals surface area contributed by atoms with Crippen molar-refractivity contribution in [1.82, 2.24) is 0 Å². The van der Waals surface area contributed by atoms with Crippen molar-refractivity contribution < 1.29 is 23.9 Å². The monoisotopic (exact) mass is 495 g/mol. The van der Waals surface area contributed by atoms with Crippen LogP contribution in [0, 0.1) is 0 Å². The molecule has 0 aliphatic rings. The molecule has 9 heteroatoms. The molecule has 0 atom stereocenters. The van der Waals surface area contributed by atoms with Gasteiger partial charge in [-0.1, -0.05) is 35.9 Å². The Balaban J connectivity index is 1.57. The third-order valence-corrected chi connectivity index (χ3v) is 5.17. The second-order valence-electron chi connectivity index (χ2n) is 7.57. The summed E-state index contributed by atoms with van der Waals surface area (Å²) in [5.41, 5.74) is 2.86. The number of carbonyl (C=O) groups excluding carboxylic acids is 3. The maximum absolute atomic E-state index is 12.7. The highest BCUT2D eigenvalue weighted by Crippen LogP contribution is 2.28. The molecular formula is C26H26ClN3O5. The average Bonchev–Trinajstić information content (AvgIpc) is 2.84. The second-order valence-corrected chi connectivity index (χ2v) is 8.01. The van der Waals surface area contributed by atoms with E-state index in [9.17, 15) is 14.4 Å². The van der Waals surface area contributed by atoms with E-state index in [1.165, 1.54) is 14.0 Å². The summed E-state index contributed by atoms with van der Waals surface area (Å²) in [5.74, 6) is -1.03. The predicted octanol–water partition coefficient (Wildman–Crippen LogP) is 4.76. The first-order valence-electron chi connectivity index (χ1n) is 10.9. The van der Waals surface area contributed by atoms with Crippen LogP contribution in [0.15, 0.2) is 66.7 Å². The van der Waals surface area contributed by atoms with Gasteiger partial charge in [-0.25, -0.2) is 4.79 Å². The molecule has 0 radical (unpaired) electrons. The summed E-state index contributed by atoms with van der Waals surface area (Å²) in [5, 5.41) is 9.18. The van der Waals surface area contributed by atoms with Crippen molar-refractivity contribution in [3.8, 4) is 5.75 Å². The van der Waals surface area contributed by atoms with Crippen molar-refractivity contribution in [2.24, 2.45) is 0 Å². The maximum Gasteiger partial charge on any atom is 0.340 e. The summed E-state index contributed by atoms with van der Waals surface area (Å²) in [6.07, 6.45) is 0.738. The van der Waals surface area contributed by atoms with Gasteiger partial charge in [0.15, 0.2) is 6.61 Å². The number of benzene rings is 3. The number of methoxy groups -OCH3 is 1. The largest absolute Gasteiger partial charge is 0.495 e. The minimum Gasteiger partial charge on any atom is -0.495 e. The van der Waals surface area contributed by atoms with E-state index < -0.39 is 18.5 Å². The summed E-state index contributed by atoms with van der Waals surface area (Å²) in [7, 11) is 1.46. The molecule has 0 heterocycles. The molecule has 0 bridgehead atoms. The number of amides is 2. The molecular weight excluding hydrogens is 470 g/mol. The zero-order chi connectivity index (χ0) is 25.2. The van der Waals surface area contributed by atoms with E-state index in [1.54, 1.807) is 36.4 Å². The molecule has 8 nitrogen and oxygen atoms in total. The average molecular weight is 496 g/mol. The van der Waals surface area contributed by atoms with Crippen LogP contribution in [0.5, 0.6) is 5.75 Å². The van der Waals surface area contributed by atoms with Crippen molar-refractivity contribution in [3.63, 3.8) is 0 Å². The molecule has 0 saturated heterocycles. The Morgan fingerprint density at radius 1 is 0.914 bits per heavy atom. The van der Waals surface area contributed by atoms with E-state index in [-0.39, 0.29) is 5.91 Å². The Labute approximate surface area is 208 Å². The molecule has 0 aromatic heterocycles. The lowest BCUT2D eigenvalue weighted by Crippen LogP contribution is -2.22.